The highest BCUT2D eigenvalue weighted by Gasteiger charge is 2.40. The molecule has 1 N–H and O–H groups in total. The third-order valence-corrected chi connectivity index (χ3v) is 7.41. The maximum absolute atomic E-state index is 14.0. The maximum Gasteiger partial charge on any atom is 0.288 e. The minimum absolute atomic E-state index is 0.0232. The second-order valence-electron chi connectivity index (χ2n) is 10.3. The summed E-state index contributed by atoms with van der Waals surface area (Å²) in [4.78, 5) is 15.7. The van der Waals surface area contributed by atoms with Gasteiger partial charge >= 0.3 is 0 Å². The van der Waals surface area contributed by atoms with Crippen LogP contribution in [0, 0.1) is 5.92 Å². The highest BCUT2D eigenvalue weighted by atomic mass is 16.7. The van der Waals surface area contributed by atoms with Gasteiger partial charge in [-0.05, 0) is 25.5 Å². The lowest BCUT2D eigenvalue weighted by Gasteiger charge is -2.37. The molecule has 2 aliphatic rings. The Morgan fingerprint density at radius 2 is 1.52 bits per heavy atom. The number of hydrogen-bond donors (Lipinski definition) is 1. The number of amides is 1. The molecule has 246 valence electrons. The molecule has 1 saturated heterocycles. The van der Waals surface area contributed by atoms with Crippen LogP contribution in [0.3, 0.4) is 0 Å². The van der Waals surface area contributed by atoms with Crippen molar-refractivity contribution in [2.75, 3.05) is 106 Å². The van der Waals surface area contributed by atoms with Crippen LogP contribution >= 0.6 is 0 Å². The summed E-state index contributed by atoms with van der Waals surface area (Å²) in [6.07, 6.45) is 3.59. The van der Waals surface area contributed by atoms with E-state index >= 15 is 0 Å². The molecule has 0 bridgehead atoms. The minimum atomic E-state index is -0.679. The molecule has 0 radical (unpaired) electrons. The first-order valence-corrected chi connectivity index (χ1v) is 15.6. The van der Waals surface area contributed by atoms with Crippen LogP contribution in [-0.2, 0) is 42.7 Å². The van der Waals surface area contributed by atoms with Crippen LogP contribution in [0.1, 0.15) is 24.8 Å². The summed E-state index contributed by atoms with van der Waals surface area (Å²) in [7, 11) is 0. The van der Waals surface area contributed by atoms with E-state index in [9.17, 15) is 4.79 Å². The minimum Gasteiger partial charge on any atom is -0.464 e. The van der Waals surface area contributed by atoms with Gasteiger partial charge in [0.1, 0.15) is 5.58 Å². The van der Waals surface area contributed by atoms with Gasteiger partial charge in [0, 0.05) is 49.1 Å². The van der Waals surface area contributed by atoms with Crippen molar-refractivity contribution in [3.05, 3.63) is 47.9 Å². The van der Waals surface area contributed by atoms with Crippen molar-refractivity contribution in [1.29, 1.82) is 0 Å². The number of allylic oxidation sites excluding steroid dienone is 1. The number of hydrogen-bond acceptors (Lipinski definition) is 11. The van der Waals surface area contributed by atoms with Crippen LogP contribution in [0.2, 0.25) is 0 Å². The number of rotatable bonds is 12. The van der Waals surface area contributed by atoms with Gasteiger partial charge in [-0.25, -0.2) is 0 Å². The quantitative estimate of drug-likeness (QED) is 0.352. The van der Waals surface area contributed by atoms with Crippen LogP contribution in [0.4, 0.5) is 0 Å². The van der Waals surface area contributed by atoms with Gasteiger partial charge in [0.15, 0.2) is 5.76 Å². The number of ether oxygens (including phenoxy) is 8. The molecule has 44 heavy (non-hydrogen) atoms. The molecule has 3 atom stereocenters. The van der Waals surface area contributed by atoms with Crippen molar-refractivity contribution in [3.8, 4) is 0 Å². The number of benzene rings is 1. The molecule has 2 aromatic rings. The normalized spacial score (nSPS) is 23.0. The number of carbonyl (C=O) groups is 1. The number of furan rings is 1. The Morgan fingerprint density at radius 3 is 2.18 bits per heavy atom. The largest absolute Gasteiger partial charge is 0.464 e. The first kappa shape index (κ1) is 34.3. The van der Waals surface area contributed by atoms with Gasteiger partial charge in [0.05, 0.1) is 85.5 Å². The molecule has 0 saturated carbocycles. The molecule has 3 heterocycles. The van der Waals surface area contributed by atoms with Gasteiger partial charge in [-0.1, -0.05) is 18.2 Å². The first-order chi connectivity index (χ1) is 21.7. The summed E-state index contributed by atoms with van der Waals surface area (Å²) in [5.41, 5.74) is 1.73. The van der Waals surface area contributed by atoms with Crippen LogP contribution in [0.15, 0.2) is 46.8 Å². The van der Waals surface area contributed by atoms with Crippen molar-refractivity contribution >= 4 is 16.9 Å². The molecule has 12 nitrogen and oxygen atoms in total. The van der Waals surface area contributed by atoms with E-state index in [1.54, 1.807) is 11.2 Å². The monoisotopic (exact) mass is 621 g/mol. The Bertz CT molecular complexity index is 1110. The third-order valence-electron chi connectivity index (χ3n) is 7.41. The van der Waals surface area contributed by atoms with Crippen LogP contribution < -0.4 is 0 Å². The predicted molar refractivity (Wildman–Crippen MR) is 160 cm³/mol. The zero-order valence-corrected chi connectivity index (χ0v) is 25.7. The van der Waals surface area contributed by atoms with E-state index in [2.05, 4.69) is 0 Å². The highest BCUT2D eigenvalue weighted by molar-refractivity contribution is 5.92. The zero-order chi connectivity index (χ0) is 30.8. The van der Waals surface area contributed by atoms with Gasteiger partial charge in [-0.15, -0.1) is 0 Å². The standard InChI is InChI=1S/C32H47NO11/c1-2-42-32-26(7-11-36-15-18-39-14-10-34)27(28-24-43-29-6-4-3-5-25(28)29)23-30(44-32)31(35)33-8-12-37-16-19-40-21-22-41-20-17-38-13-9-33/h3-6,23-24,26-27,32,34H,2,7-22H2,1H3/t26-,27-,32+/m1/s1. The number of aliphatic hydroxyl groups excluding tert-OH is 1. The van der Waals surface area contributed by atoms with Gasteiger partial charge in [-0.3, -0.25) is 4.79 Å². The van der Waals surface area contributed by atoms with Crippen molar-refractivity contribution in [1.82, 2.24) is 4.90 Å². The summed E-state index contributed by atoms with van der Waals surface area (Å²) in [5.74, 6) is -0.423. The Balaban J connectivity index is 1.54. The number of carbonyl (C=O) groups excluding carboxylic acids is 1. The molecular formula is C32H47NO11. The fraction of sp³-hybridized carbons (Fsp3) is 0.656. The molecule has 0 spiro atoms. The summed E-state index contributed by atoms with van der Waals surface area (Å²) >= 11 is 0. The molecule has 1 fully saturated rings. The van der Waals surface area contributed by atoms with E-state index in [1.165, 1.54) is 0 Å². The Hall–Kier alpha value is -2.55. The smallest absolute Gasteiger partial charge is 0.288 e. The summed E-state index contributed by atoms with van der Waals surface area (Å²) in [6.45, 7) is 8.03. The van der Waals surface area contributed by atoms with Crippen LogP contribution in [-0.4, -0.2) is 128 Å². The van der Waals surface area contributed by atoms with Crippen molar-refractivity contribution in [2.24, 2.45) is 5.92 Å². The Morgan fingerprint density at radius 1 is 0.886 bits per heavy atom. The predicted octanol–water partition coefficient (Wildman–Crippen LogP) is 2.73. The average molecular weight is 622 g/mol. The molecule has 12 heteroatoms. The first-order valence-electron chi connectivity index (χ1n) is 15.6. The maximum atomic E-state index is 14.0. The van der Waals surface area contributed by atoms with Crippen molar-refractivity contribution < 1.29 is 52.2 Å². The van der Waals surface area contributed by atoms with E-state index in [1.807, 2.05) is 37.3 Å². The van der Waals surface area contributed by atoms with Crippen molar-refractivity contribution in [3.63, 3.8) is 0 Å². The van der Waals surface area contributed by atoms with E-state index < -0.39 is 6.29 Å². The lowest BCUT2D eigenvalue weighted by atomic mass is 9.81. The van der Waals surface area contributed by atoms with E-state index in [-0.39, 0.29) is 36.7 Å². The molecule has 0 aliphatic carbocycles. The van der Waals surface area contributed by atoms with Gasteiger partial charge in [0.2, 0.25) is 6.29 Å². The second-order valence-corrected chi connectivity index (χ2v) is 10.3. The molecule has 4 rings (SSSR count). The SMILES string of the molecule is CCO[C@H]1OC(C(=O)N2CCOCCOCCOCCOCC2)=C[C@@H](c2coc3ccccc23)[C@H]1CCOCCOCCO. The summed E-state index contributed by atoms with van der Waals surface area (Å²) in [5, 5.41) is 9.88. The fourth-order valence-electron chi connectivity index (χ4n) is 5.23. The van der Waals surface area contributed by atoms with E-state index in [0.717, 1.165) is 16.5 Å². The van der Waals surface area contributed by atoms with Gasteiger partial charge in [0.25, 0.3) is 5.91 Å². The van der Waals surface area contributed by atoms with Crippen LogP contribution in [0.25, 0.3) is 11.0 Å². The topological polar surface area (TPSA) is 128 Å². The average Bonchev–Trinajstić information content (AvgIpc) is 3.47. The zero-order valence-electron chi connectivity index (χ0n) is 25.7. The van der Waals surface area contributed by atoms with Crippen molar-refractivity contribution in [2.45, 2.75) is 25.6 Å². The number of aliphatic hydroxyl groups is 1. The van der Waals surface area contributed by atoms with Gasteiger partial charge in [-0.2, -0.15) is 0 Å². The Labute approximate surface area is 259 Å². The number of para-hydroxylation sites is 1. The van der Waals surface area contributed by atoms with Gasteiger partial charge < -0.3 is 52.3 Å². The number of fused-ring (bicyclic) bond motifs is 1. The van der Waals surface area contributed by atoms with E-state index in [0.29, 0.717) is 98.8 Å². The fourth-order valence-corrected chi connectivity index (χ4v) is 5.23. The molecular weight excluding hydrogens is 574 g/mol. The molecule has 0 unspecified atom stereocenters. The summed E-state index contributed by atoms with van der Waals surface area (Å²) in [6, 6.07) is 7.85. The highest BCUT2D eigenvalue weighted by Crippen LogP contribution is 2.42. The lowest BCUT2D eigenvalue weighted by molar-refractivity contribution is -0.172. The summed E-state index contributed by atoms with van der Waals surface area (Å²) < 4.78 is 52.0. The lowest BCUT2D eigenvalue weighted by Crippen LogP contribution is -2.43. The molecule has 1 aromatic heterocycles. The molecule has 1 aromatic carbocycles. The molecule has 1 amide bonds. The Kier molecular flexibility index (Phi) is 15.4. The third kappa shape index (κ3) is 10.5. The molecule has 2 aliphatic heterocycles. The second kappa shape index (κ2) is 19.8. The van der Waals surface area contributed by atoms with Crippen LogP contribution in [0.5, 0.6) is 0 Å². The van der Waals surface area contributed by atoms with E-state index in [4.69, 9.17) is 47.4 Å². The number of nitrogens with zero attached hydrogens (tertiary/aromatic N) is 1.